The van der Waals surface area contributed by atoms with Crippen molar-refractivity contribution >= 4 is 34.6 Å². The number of nitro benzene ring substituents is 1. The van der Waals surface area contributed by atoms with Crippen LogP contribution in [-0.2, 0) is 4.79 Å². The Labute approximate surface area is 160 Å². The fourth-order valence-electron chi connectivity index (χ4n) is 3.14. The van der Waals surface area contributed by atoms with Crippen molar-refractivity contribution in [1.82, 2.24) is 0 Å². The van der Waals surface area contributed by atoms with E-state index in [1.807, 2.05) is 4.90 Å². The lowest BCUT2D eigenvalue weighted by Gasteiger charge is -2.21. The molecule has 0 radical (unpaired) electrons. The molecule has 9 heteroatoms. The fourth-order valence-corrected chi connectivity index (χ4v) is 3.14. The van der Waals surface area contributed by atoms with Gasteiger partial charge in [-0.1, -0.05) is 0 Å². The van der Waals surface area contributed by atoms with Gasteiger partial charge in [0.25, 0.3) is 11.6 Å². The molecule has 1 heterocycles. The number of halogens is 1. The molecule has 3 rings (SSSR count). The third kappa shape index (κ3) is 4.25. The van der Waals surface area contributed by atoms with Crippen LogP contribution >= 0.6 is 0 Å². The predicted molar refractivity (Wildman–Crippen MR) is 103 cm³/mol. The number of hydrogen-bond acceptors (Lipinski definition) is 5. The monoisotopic (exact) mass is 386 g/mol. The van der Waals surface area contributed by atoms with E-state index in [2.05, 4.69) is 10.6 Å². The summed E-state index contributed by atoms with van der Waals surface area (Å²) in [5, 5.41) is 16.1. The lowest BCUT2D eigenvalue weighted by Crippen LogP contribution is -2.23. The van der Waals surface area contributed by atoms with Crippen molar-refractivity contribution in [1.29, 1.82) is 0 Å². The molecule has 0 aliphatic carbocycles. The third-order valence-electron chi connectivity index (χ3n) is 4.42. The molecule has 8 nitrogen and oxygen atoms in total. The summed E-state index contributed by atoms with van der Waals surface area (Å²) in [6.45, 7) is 2.79. The van der Waals surface area contributed by atoms with Gasteiger partial charge in [0.05, 0.1) is 21.9 Å². The van der Waals surface area contributed by atoms with Crippen molar-refractivity contribution in [3.8, 4) is 0 Å². The van der Waals surface area contributed by atoms with Gasteiger partial charge in [-0.05, 0) is 37.1 Å². The van der Waals surface area contributed by atoms with Gasteiger partial charge in [-0.3, -0.25) is 19.7 Å². The Morgan fingerprint density at radius 2 is 1.82 bits per heavy atom. The summed E-state index contributed by atoms with van der Waals surface area (Å²) in [4.78, 5) is 36.5. The summed E-state index contributed by atoms with van der Waals surface area (Å²) >= 11 is 0. The standard InChI is InChI=1S/C19H19FN4O4/c1-12(25)21-13-4-6-16(20)17(10-13)22-19(26)15-11-14(24(27)28)5-7-18(15)23-8-2-3-9-23/h4-7,10-11H,2-3,8-9H2,1H3,(H,21,25)(H,22,26). The van der Waals surface area contributed by atoms with Crippen molar-refractivity contribution in [2.24, 2.45) is 0 Å². The molecular formula is C19H19FN4O4. The second-order valence-corrected chi connectivity index (χ2v) is 6.48. The fraction of sp³-hybridized carbons (Fsp3) is 0.263. The largest absolute Gasteiger partial charge is 0.371 e. The number of rotatable bonds is 5. The van der Waals surface area contributed by atoms with Crippen molar-refractivity contribution in [3.63, 3.8) is 0 Å². The first-order valence-corrected chi connectivity index (χ1v) is 8.77. The van der Waals surface area contributed by atoms with Gasteiger partial charge in [-0.15, -0.1) is 0 Å². The highest BCUT2D eigenvalue weighted by Crippen LogP contribution is 2.30. The number of carbonyl (C=O) groups is 2. The molecule has 2 N–H and O–H groups in total. The predicted octanol–water partition coefficient (Wildman–Crippen LogP) is 3.54. The number of anilines is 3. The van der Waals surface area contributed by atoms with Gasteiger partial charge in [0.2, 0.25) is 5.91 Å². The summed E-state index contributed by atoms with van der Waals surface area (Å²) in [5.74, 6) is -1.68. The van der Waals surface area contributed by atoms with Crippen molar-refractivity contribution in [2.75, 3.05) is 28.6 Å². The van der Waals surface area contributed by atoms with E-state index in [1.165, 1.54) is 31.2 Å². The van der Waals surface area contributed by atoms with Gasteiger partial charge in [-0.2, -0.15) is 0 Å². The quantitative estimate of drug-likeness (QED) is 0.604. The first-order chi connectivity index (χ1) is 13.3. The molecule has 146 valence electrons. The lowest BCUT2D eigenvalue weighted by molar-refractivity contribution is -0.384. The SMILES string of the molecule is CC(=O)Nc1ccc(F)c(NC(=O)c2cc([N+](=O)[O-])ccc2N2CCCC2)c1. The van der Waals surface area contributed by atoms with E-state index in [4.69, 9.17) is 0 Å². The van der Waals surface area contributed by atoms with Crippen LogP contribution < -0.4 is 15.5 Å². The number of hydrogen-bond donors (Lipinski definition) is 2. The van der Waals surface area contributed by atoms with E-state index in [1.54, 1.807) is 6.07 Å². The lowest BCUT2D eigenvalue weighted by atomic mass is 10.1. The highest BCUT2D eigenvalue weighted by atomic mass is 19.1. The first-order valence-electron chi connectivity index (χ1n) is 8.77. The molecule has 0 spiro atoms. The Bertz CT molecular complexity index is 942. The van der Waals surface area contributed by atoms with Gasteiger partial charge in [0.1, 0.15) is 5.82 Å². The maximum atomic E-state index is 14.1. The number of carbonyl (C=O) groups excluding carboxylic acids is 2. The van der Waals surface area contributed by atoms with Gasteiger partial charge < -0.3 is 15.5 Å². The minimum absolute atomic E-state index is 0.0976. The Morgan fingerprint density at radius 3 is 2.46 bits per heavy atom. The van der Waals surface area contributed by atoms with E-state index in [0.717, 1.165) is 32.0 Å². The second kappa shape index (κ2) is 8.03. The summed E-state index contributed by atoms with van der Waals surface area (Å²) in [5.41, 5.74) is 0.637. The van der Waals surface area contributed by atoms with Crippen LogP contribution in [0.2, 0.25) is 0 Å². The van der Waals surface area contributed by atoms with E-state index in [0.29, 0.717) is 11.4 Å². The maximum Gasteiger partial charge on any atom is 0.270 e. The molecule has 2 aromatic rings. The zero-order chi connectivity index (χ0) is 20.3. The van der Waals surface area contributed by atoms with E-state index < -0.39 is 16.6 Å². The molecule has 28 heavy (non-hydrogen) atoms. The van der Waals surface area contributed by atoms with Crippen LogP contribution in [0.1, 0.15) is 30.1 Å². The molecule has 1 aliphatic rings. The van der Waals surface area contributed by atoms with Crippen LogP contribution in [0.4, 0.5) is 27.1 Å². The molecule has 2 amide bonds. The highest BCUT2D eigenvalue weighted by molar-refractivity contribution is 6.09. The van der Waals surface area contributed by atoms with Crippen LogP contribution in [0.15, 0.2) is 36.4 Å². The van der Waals surface area contributed by atoms with E-state index in [9.17, 15) is 24.1 Å². The molecule has 0 bridgehead atoms. The summed E-state index contributed by atoms with van der Waals surface area (Å²) in [6.07, 6.45) is 1.93. The minimum Gasteiger partial charge on any atom is -0.371 e. The van der Waals surface area contributed by atoms with Crippen molar-refractivity contribution in [3.05, 3.63) is 57.9 Å². The zero-order valence-corrected chi connectivity index (χ0v) is 15.2. The van der Waals surface area contributed by atoms with Crippen LogP contribution in [0.25, 0.3) is 0 Å². The van der Waals surface area contributed by atoms with Gasteiger partial charge >= 0.3 is 0 Å². The zero-order valence-electron chi connectivity index (χ0n) is 15.2. The van der Waals surface area contributed by atoms with Gasteiger partial charge in [-0.25, -0.2) is 4.39 Å². The van der Waals surface area contributed by atoms with Crippen LogP contribution in [0, 0.1) is 15.9 Å². The summed E-state index contributed by atoms with van der Waals surface area (Å²) < 4.78 is 14.1. The van der Waals surface area contributed by atoms with Crippen molar-refractivity contribution in [2.45, 2.75) is 19.8 Å². The number of amides is 2. The summed E-state index contributed by atoms with van der Waals surface area (Å²) in [7, 11) is 0. The molecule has 0 atom stereocenters. The average molecular weight is 386 g/mol. The van der Waals surface area contributed by atoms with E-state index >= 15 is 0 Å². The van der Waals surface area contributed by atoms with Crippen LogP contribution in [-0.4, -0.2) is 29.8 Å². The topological polar surface area (TPSA) is 105 Å². The van der Waals surface area contributed by atoms with Crippen LogP contribution in [0.3, 0.4) is 0 Å². The number of nitro groups is 1. The third-order valence-corrected chi connectivity index (χ3v) is 4.42. The molecule has 0 saturated carbocycles. The summed E-state index contributed by atoms with van der Waals surface area (Å²) in [6, 6.07) is 7.87. The normalized spacial score (nSPS) is 13.3. The Hall–Kier alpha value is -3.49. The van der Waals surface area contributed by atoms with Gasteiger partial charge in [0.15, 0.2) is 0 Å². The van der Waals surface area contributed by atoms with Crippen LogP contribution in [0.5, 0.6) is 0 Å². The number of nitrogens with zero attached hydrogens (tertiary/aromatic N) is 2. The van der Waals surface area contributed by atoms with Gasteiger partial charge in [0, 0.05) is 37.8 Å². The first kappa shape index (κ1) is 19.3. The molecular weight excluding hydrogens is 367 g/mol. The number of nitrogens with one attached hydrogen (secondary N) is 2. The molecule has 1 aliphatic heterocycles. The van der Waals surface area contributed by atoms with Crippen molar-refractivity contribution < 1.29 is 18.9 Å². The Morgan fingerprint density at radius 1 is 1.11 bits per heavy atom. The Balaban J connectivity index is 1.94. The minimum atomic E-state index is -0.685. The molecule has 1 fully saturated rings. The molecule has 0 unspecified atom stereocenters. The molecule has 1 saturated heterocycles. The number of non-ortho nitro benzene ring substituents is 1. The smallest absolute Gasteiger partial charge is 0.270 e. The van der Waals surface area contributed by atoms with E-state index in [-0.39, 0.29) is 22.8 Å². The molecule has 2 aromatic carbocycles. The second-order valence-electron chi connectivity index (χ2n) is 6.48. The Kier molecular flexibility index (Phi) is 5.53. The highest BCUT2D eigenvalue weighted by Gasteiger charge is 2.23. The number of benzene rings is 2. The average Bonchev–Trinajstić information content (AvgIpc) is 3.18. The molecule has 0 aromatic heterocycles. The maximum absolute atomic E-state index is 14.1.